The van der Waals surface area contributed by atoms with Crippen LogP contribution in [-0.4, -0.2) is 56.0 Å². The predicted octanol–water partition coefficient (Wildman–Crippen LogP) is 1.18. The summed E-state index contributed by atoms with van der Waals surface area (Å²) < 4.78 is 0. The molecule has 4 heteroatoms. The van der Waals surface area contributed by atoms with Crippen LogP contribution in [0.5, 0.6) is 0 Å². The third kappa shape index (κ3) is 4.49. The Morgan fingerprint density at radius 1 is 1.05 bits per heavy atom. The van der Waals surface area contributed by atoms with Crippen LogP contribution in [0.1, 0.15) is 12.5 Å². The summed E-state index contributed by atoms with van der Waals surface area (Å²) in [6, 6.07) is 8.28. The van der Waals surface area contributed by atoms with Gasteiger partial charge in [0.15, 0.2) is 0 Å². The summed E-state index contributed by atoms with van der Waals surface area (Å²) in [4.78, 5) is 4.23. The highest BCUT2D eigenvalue weighted by molar-refractivity contribution is 5.52. The quantitative estimate of drug-likeness (QED) is 0.778. The van der Waals surface area contributed by atoms with E-state index < -0.39 is 5.41 Å². The van der Waals surface area contributed by atoms with Crippen LogP contribution in [0, 0.1) is 5.41 Å². The number of para-hydroxylation sites is 1. The van der Waals surface area contributed by atoms with Crippen molar-refractivity contribution in [1.82, 2.24) is 4.90 Å². The molecule has 1 aromatic carbocycles. The van der Waals surface area contributed by atoms with Gasteiger partial charge in [-0.1, -0.05) is 25.1 Å². The van der Waals surface area contributed by atoms with Gasteiger partial charge in [0.2, 0.25) is 0 Å². The van der Waals surface area contributed by atoms with Crippen LogP contribution in [0.2, 0.25) is 0 Å². The van der Waals surface area contributed by atoms with Crippen LogP contribution in [0.4, 0.5) is 5.69 Å². The average molecular weight is 266 g/mol. The molecule has 4 nitrogen and oxygen atoms in total. The summed E-state index contributed by atoms with van der Waals surface area (Å²) in [5.74, 6) is 0. The van der Waals surface area contributed by atoms with Gasteiger partial charge in [-0.2, -0.15) is 0 Å². The zero-order valence-corrected chi connectivity index (χ0v) is 12.4. The topological polar surface area (TPSA) is 46.9 Å². The number of anilines is 1. The Balaban J connectivity index is 2.74. The molecule has 1 rings (SSSR count). The van der Waals surface area contributed by atoms with Crippen LogP contribution in [0.15, 0.2) is 24.3 Å². The number of hydrogen-bond donors (Lipinski definition) is 2. The molecule has 0 aliphatic carbocycles. The summed E-state index contributed by atoms with van der Waals surface area (Å²) in [5.41, 5.74) is 1.99. The number of aliphatic hydroxyl groups is 2. The fourth-order valence-corrected chi connectivity index (χ4v) is 2.23. The maximum Gasteiger partial charge on any atom is 0.0519 e. The normalized spacial score (nSPS) is 11.9. The van der Waals surface area contributed by atoms with E-state index in [1.54, 1.807) is 0 Å². The van der Waals surface area contributed by atoms with E-state index in [0.717, 1.165) is 6.54 Å². The zero-order chi connectivity index (χ0) is 14.5. The van der Waals surface area contributed by atoms with Gasteiger partial charge in [-0.3, -0.25) is 0 Å². The maximum absolute atomic E-state index is 9.35. The molecule has 0 amide bonds. The molecule has 1 aromatic rings. The van der Waals surface area contributed by atoms with Crippen molar-refractivity contribution in [3.8, 4) is 0 Å². The molecule has 2 N–H and O–H groups in total. The van der Waals surface area contributed by atoms with Crippen molar-refractivity contribution >= 4 is 5.69 Å². The standard InChI is InChI=1S/C15H26N2O2/c1-15(11-18,12-19)10-17(4)9-13-7-5-6-8-14(13)16(2)3/h5-8,18-19H,9-12H2,1-4H3. The van der Waals surface area contributed by atoms with Gasteiger partial charge in [-0.25, -0.2) is 0 Å². The summed E-state index contributed by atoms with van der Waals surface area (Å²) >= 11 is 0. The molecule has 108 valence electrons. The lowest BCUT2D eigenvalue weighted by Crippen LogP contribution is -2.38. The fourth-order valence-electron chi connectivity index (χ4n) is 2.23. The molecule has 0 fully saturated rings. The summed E-state index contributed by atoms with van der Waals surface area (Å²) in [7, 11) is 6.07. The molecule has 0 aromatic heterocycles. The second-order valence-electron chi connectivity index (χ2n) is 5.82. The molecule has 0 spiro atoms. The van der Waals surface area contributed by atoms with E-state index in [1.165, 1.54) is 11.3 Å². The summed E-state index contributed by atoms with van der Waals surface area (Å²) in [6.07, 6.45) is 0. The molecule has 0 aliphatic rings. The lowest BCUT2D eigenvalue weighted by molar-refractivity contribution is 0.0402. The van der Waals surface area contributed by atoms with Crippen LogP contribution >= 0.6 is 0 Å². The van der Waals surface area contributed by atoms with Gasteiger partial charge in [0.05, 0.1) is 13.2 Å². The van der Waals surface area contributed by atoms with E-state index in [9.17, 15) is 10.2 Å². The molecule has 0 aliphatic heterocycles. The third-order valence-corrected chi connectivity index (χ3v) is 3.33. The van der Waals surface area contributed by atoms with Crippen molar-refractivity contribution in [1.29, 1.82) is 0 Å². The third-order valence-electron chi connectivity index (χ3n) is 3.33. The van der Waals surface area contributed by atoms with Crippen LogP contribution < -0.4 is 4.90 Å². The number of hydrogen-bond acceptors (Lipinski definition) is 4. The monoisotopic (exact) mass is 266 g/mol. The van der Waals surface area contributed by atoms with Crippen LogP contribution in [0.3, 0.4) is 0 Å². The van der Waals surface area contributed by atoms with Gasteiger partial charge in [0, 0.05) is 38.3 Å². The Kier molecular flexibility index (Phi) is 5.79. The molecular weight excluding hydrogens is 240 g/mol. The smallest absolute Gasteiger partial charge is 0.0519 e. The second-order valence-corrected chi connectivity index (χ2v) is 5.82. The molecule has 0 radical (unpaired) electrons. The zero-order valence-electron chi connectivity index (χ0n) is 12.4. The Morgan fingerprint density at radius 2 is 1.63 bits per heavy atom. The first kappa shape index (κ1) is 16.0. The van der Waals surface area contributed by atoms with E-state index in [0.29, 0.717) is 6.54 Å². The molecule has 0 heterocycles. The van der Waals surface area contributed by atoms with Crippen molar-refractivity contribution in [2.75, 3.05) is 45.8 Å². The molecule has 0 saturated carbocycles. The SMILES string of the molecule is CN(Cc1ccccc1N(C)C)CC(C)(CO)CO. The van der Waals surface area contributed by atoms with Gasteiger partial charge >= 0.3 is 0 Å². The lowest BCUT2D eigenvalue weighted by atomic mass is 9.92. The first-order valence-electron chi connectivity index (χ1n) is 6.57. The van der Waals surface area contributed by atoms with Crippen LogP contribution in [-0.2, 0) is 6.54 Å². The van der Waals surface area contributed by atoms with Gasteiger partial charge in [0.25, 0.3) is 0 Å². The van der Waals surface area contributed by atoms with Crippen molar-refractivity contribution in [3.05, 3.63) is 29.8 Å². The van der Waals surface area contributed by atoms with Crippen molar-refractivity contribution < 1.29 is 10.2 Å². The number of benzene rings is 1. The molecular formula is C15H26N2O2. The molecule has 0 atom stereocenters. The largest absolute Gasteiger partial charge is 0.396 e. The molecule has 0 unspecified atom stereocenters. The number of nitrogens with zero attached hydrogens (tertiary/aromatic N) is 2. The highest BCUT2D eigenvalue weighted by Gasteiger charge is 2.24. The lowest BCUT2D eigenvalue weighted by Gasteiger charge is -2.31. The summed E-state index contributed by atoms with van der Waals surface area (Å²) in [5, 5.41) is 18.7. The number of rotatable bonds is 7. The first-order chi connectivity index (χ1) is 8.91. The van der Waals surface area contributed by atoms with E-state index in [2.05, 4.69) is 21.9 Å². The average Bonchev–Trinajstić information content (AvgIpc) is 2.38. The number of aliphatic hydroxyl groups excluding tert-OH is 2. The summed E-state index contributed by atoms with van der Waals surface area (Å²) in [6.45, 7) is 3.32. The predicted molar refractivity (Wildman–Crippen MR) is 79.4 cm³/mol. The van der Waals surface area contributed by atoms with Crippen LogP contribution in [0.25, 0.3) is 0 Å². The van der Waals surface area contributed by atoms with E-state index >= 15 is 0 Å². The minimum atomic E-state index is -0.457. The highest BCUT2D eigenvalue weighted by atomic mass is 16.3. The second kappa shape index (κ2) is 6.89. The Morgan fingerprint density at radius 3 is 2.16 bits per heavy atom. The van der Waals surface area contributed by atoms with Gasteiger partial charge < -0.3 is 20.0 Å². The van der Waals surface area contributed by atoms with Crippen molar-refractivity contribution in [2.24, 2.45) is 5.41 Å². The van der Waals surface area contributed by atoms with Crippen molar-refractivity contribution in [3.63, 3.8) is 0 Å². The van der Waals surface area contributed by atoms with Gasteiger partial charge in [0.1, 0.15) is 0 Å². The molecule has 0 saturated heterocycles. The fraction of sp³-hybridized carbons (Fsp3) is 0.600. The minimum Gasteiger partial charge on any atom is -0.396 e. The molecule has 0 bridgehead atoms. The maximum atomic E-state index is 9.35. The Bertz CT molecular complexity index is 389. The van der Waals surface area contributed by atoms with Gasteiger partial charge in [-0.15, -0.1) is 0 Å². The first-order valence-corrected chi connectivity index (χ1v) is 6.57. The molecule has 19 heavy (non-hydrogen) atoms. The Labute approximate surface area is 116 Å². The Hall–Kier alpha value is -1.10. The van der Waals surface area contributed by atoms with Gasteiger partial charge in [-0.05, 0) is 18.7 Å². The van der Waals surface area contributed by atoms with E-state index in [4.69, 9.17) is 0 Å². The highest BCUT2D eigenvalue weighted by Crippen LogP contribution is 2.22. The minimum absolute atomic E-state index is 0.0107. The van der Waals surface area contributed by atoms with Crippen molar-refractivity contribution in [2.45, 2.75) is 13.5 Å². The van der Waals surface area contributed by atoms with E-state index in [1.807, 2.05) is 40.2 Å². The van der Waals surface area contributed by atoms with E-state index in [-0.39, 0.29) is 13.2 Å².